The van der Waals surface area contributed by atoms with Crippen LogP contribution in [0.25, 0.3) is 0 Å². The van der Waals surface area contributed by atoms with E-state index in [1.54, 1.807) is 11.0 Å². The van der Waals surface area contributed by atoms with Gasteiger partial charge in [-0.05, 0) is 25.0 Å². The number of piperidine rings is 1. The molecule has 1 heterocycles. The third-order valence-corrected chi connectivity index (χ3v) is 5.45. The van der Waals surface area contributed by atoms with Crippen LogP contribution in [0, 0.1) is 0 Å². The molecule has 1 aromatic rings. The molecular weight excluding hydrogens is 320 g/mol. The van der Waals surface area contributed by atoms with Crippen molar-refractivity contribution < 1.29 is 22.7 Å². The van der Waals surface area contributed by atoms with Crippen molar-refractivity contribution in [3.8, 4) is 11.5 Å². The molecule has 2 rings (SSSR count). The molecule has 1 aliphatic heterocycles. The summed E-state index contributed by atoms with van der Waals surface area (Å²) in [5.41, 5.74) is 0. The third-order valence-electron chi connectivity index (χ3n) is 3.93. The van der Waals surface area contributed by atoms with Gasteiger partial charge >= 0.3 is 0 Å². The molecule has 7 nitrogen and oxygen atoms in total. The Morgan fingerprint density at radius 3 is 2.30 bits per heavy atom. The zero-order valence-electron chi connectivity index (χ0n) is 13.5. The maximum absolute atomic E-state index is 12.5. The summed E-state index contributed by atoms with van der Waals surface area (Å²) in [7, 11) is -0.694. The molecule has 0 aliphatic carbocycles. The summed E-state index contributed by atoms with van der Waals surface area (Å²) < 4.78 is 37.9. The lowest BCUT2D eigenvalue weighted by Crippen LogP contribution is -2.45. The van der Waals surface area contributed by atoms with Crippen molar-refractivity contribution in [3.63, 3.8) is 0 Å². The summed E-state index contributed by atoms with van der Waals surface area (Å²) in [6.45, 7) is 2.65. The summed E-state index contributed by atoms with van der Waals surface area (Å²) >= 11 is 0. The number of carbonyl (C=O) groups excluding carboxylic acids is 1. The number of sulfonamides is 1. The van der Waals surface area contributed by atoms with Gasteiger partial charge < -0.3 is 14.4 Å². The van der Waals surface area contributed by atoms with E-state index in [1.165, 1.54) is 33.3 Å². The lowest BCUT2D eigenvalue weighted by atomic mass is 10.1. The number of likely N-dealkylation sites (tertiary alicyclic amines) is 1. The maximum Gasteiger partial charge on any atom is 0.240 e. The highest BCUT2D eigenvalue weighted by atomic mass is 32.2. The van der Waals surface area contributed by atoms with Crippen LogP contribution in [0.3, 0.4) is 0 Å². The molecule has 23 heavy (non-hydrogen) atoms. The monoisotopic (exact) mass is 342 g/mol. The zero-order chi connectivity index (χ0) is 17.0. The van der Waals surface area contributed by atoms with Crippen LogP contribution in [-0.4, -0.2) is 52.6 Å². The first-order valence-corrected chi connectivity index (χ1v) is 8.85. The summed E-state index contributed by atoms with van der Waals surface area (Å²) in [6.07, 6.45) is 1.21. The van der Waals surface area contributed by atoms with E-state index in [-0.39, 0.29) is 16.8 Å². The normalized spacial score (nSPS) is 16.2. The van der Waals surface area contributed by atoms with Gasteiger partial charge in [0.15, 0.2) is 11.5 Å². The fourth-order valence-corrected chi connectivity index (χ4v) is 3.90. The number of hydrogen-bond donors (Lipinski definition) is 1. The summed E-state index contributed by atoms with van der Waals surface area (Å²) in [5, 5.41) is 0. The van der Waals surface area contributed by atoms with Gasteiger partial charge in [-0.25, -0.2) is 13.1 Å². The smallest absolute Gasteiger partial charge is 0.240 e. The number of nitrogens with one attached hydrogen (secondary N) is 1. The lowest BCUT2D eigenvalue weighted by molar-refractivity contribution is -0.129. The standard InChI is InChI=1S/C15H22N2O5S/c1-11(18)17-8-6-12(7-9-17)16-23(19,20)13-4-5-14(21-2)15(10-13)22-3/h4-5,10,12,16H,6-9H2,1-3H3. The maximum atomic E-state index is 12.5. The van der Waals surface area contributed by atoms with E-state index in [0.29, 0.717) is 37.4 Å². The molecule has 1 aliphatic rings. The first kappa shape index (κ1) is 17.6. The Hall–Kier alpha value is -1.80. The van der Waals surface area contributed by atoms with Crippen LogP contribution in [0.15, 0.2) is 23.1 Å². The molecule has 0 radical (unpaired) electrons. The fourth-order valence-electron chi connectivity index (χ4n) is 2.58. The number of rotatable bonds is 5. The van der Waals surface area contributed by atoms with E-state index < -0.39 is 10.0 Å². The summed E-state index contributed by atoms with van der Waals surface area (Å²) in [5.74, 6) is 0.856. The SMILES string of the molecule is COc1ccc(S(=O)(=O)NC2CCN(C(C)=O)CC2)cc1OC. The molecule has 0 unspecified atom stereocenters. The van der Waals surface area contributed by atoms with Crippen molar-refractivity contribution in [1.29, 1.82) is 0 Å². The number of carbonyl (C=O) groups is 1. The molecule has 1 fully saturated rings. The minimum atomic E-state index is -3.64. The molecule has 1 N–H and O–H groups in total. The predicted molar refractivity (Wildman–Crippen MR) is 85.1 cm³/mol. The molecule has 1 saturated heterocycles. The van der Waals surface area contributed by atoms with Crippen LogP contribution in [0.5, 0.6) is 11.5 Å². The molecule has 0 aromatic heterocycles. The molecule has 1 aromatic carbocycles. The Balaban J connectivity index is 2.09. The van der Waals surface area contributed by atoms with Gasteiger partial charge in [-0.3, -0.25) is 4.79 Å². The highest BCUT2D eigenvalue weighted by Crippen LogP contribution is 2.29. The van der Waals surface area contributed by atoms with E-state index >= 15 is 0 Å². The van der Waals surface area contributed by atoms with E-state index in [4.69, 9.17) is 9.47 Å². The van der Waals surface area contributed by atoms with Crippen LogP contribution in [0.1, 0.15) is 19.8 Å². The number of benzene rings is 1. The van der Waals surface area contributed by atoms with Crippen molar-refractivity contribution in [2.24, 2.45) is 0 Å². The minimum absolute atomic E-state index is 0.0196. The molecule has 0 spiro atoms. The number of methoxy groups -OCH3 is 2. The van der Waals surface area contributed by atoms with Gasteiger partial charge in [0.25, 0.3) is 0 Å². The van der Waals surface area contributed by atoms with E-state index in [9.17, 15) is 13.2 Å². The van der Waals surface area contributed by atoms with Crippen LogP contribution in [-0.2, 0) is 14.8 Å². The first-order chi connectivity index (χ1) is 10.9. The average molecular weight is 342 g/mol. The predicted octanol–water partition coefficient (Wildman–Crippen LogP) is 0.993. The van der Waals surface area contributed by atoms with Gasteiger partial charge in [0, 0.05) is 32.1 Å². The second kappa shape index (κ2) is 7.18. The van der Waals surface area contributed by atoms with Crippen molar-refractivity contribution >= 4 is 15.9 Å². The molecule has 1 amide bonds. The molecule has 0 atom stereocenters. The van der Waals surface area contributed by atoms with Crippen molar-refractivity contribution in [1.82, 2.24) is 9.62 Å². The fraction of sp³-hybridized carbons (Fsp3) is 0.533. The highest BCUT2D eigenvalue weighted by molar-refractivity contribution is 7.89. The molecule has 0 bridgehead atoms. The highest BCUT2D eigenvalue weighted by Gasteiger charge is 2.26. The van der Waals surface area contributed by atoms with Crippen molar-refractivity contribution in [2.45, 2.75) is 30.7 Å². The second-order valence-corrected chi connectivity index (χ2v) is 7.13. The topological polar surface area (TPSA) is 84.9 Å². The zero-order valence-corrected chi connectivity index (χ0v) is 14.4. The Bertz CT molecular complexity index is 666. The molecule has 128 valence electrons. The first-order valence-electron chi connectivity index (χ1n) is 7.37. The number of ether oxygens (including phenoxy) is 2. The Morgan fingerprint density at radius 2 is 1.78 bits per heavy atom. The second-order valence-electron chi connectivity index (χ2n) is 5.42. The molecular formula is C15H22N2O5S. The van der Waals surface area contributed by atoms with Crippen LogP contribution in [0.2, 0.25) is 0 Å². The van der Waals surface area contributed by atoms with Crippen molar-refractivity contribution in [3.05, 3.63) is 18.2 Å². The Labute approximate surface area is 136 Å². The minimum Gasteiger partial charge on any atom is -0.493 e. The lowest BCUT2D eigenvalue weighted by Gasteiger charge is -2.31. The van der Waals surface area contributed by atoms with Gasteiger partial charge in [-0.2, -0.15) is 0 Å². The number of amides is 1. The van der Waals surface area contributed by atoms with Crippen LogP contribution < -0.4 is 14.2 Å². The number of hydrogen-bond acceptors (Lipinski definition) is 5. The largest absolute Gasteiger partial charge is 0.493 e. The van der Waals surface area contributed by atoms with E-state index in [1.807, 2.05) is 0 Å². The van der Waals surface area contributed by atoms with Gasteiger partial charge in [0.2, 0.25) is 15.9 Å². The van der Waals surface area contributed by atoms with Crippen LogP contribution in [0.4, 0.5) is 0 Å². The van der Waals surface area contributed by atoms with E-state index in [2.05, 4.69) is 4.72 Å². The molecule has 0 saturated carbocycles. The van der Waals surface area contributed by atoms with E-state index in [0.717, 1.165) is 0 Å². The average Bonchev–Trinajstić information content (AvgIpc) is 2.54. The quantitative estimate of drug-likeness (QED) is 0.863. The van der Waals surface area contributed by atoms with Gasteiger partial charge in [-0.15, -0.1) is 0 Å². The summed E-state index contributed by atoms with van der Waals surface area (Å²) in [6, 6.07) is 4.30. The van der Waals surface area contributed by atoms with Crippen LogP contribution >= 0.6 is 0 Å². The van der Waals surface area contributed by atoms with Gasteiger partial charge in [0.05, 0.1) is 19.1 Å². The Morgan fingerprint density at radius 1 is 1.17 bits per heavy atom. The number of nitrogens with zero attached hydrogens (tertiary/aromatic N) is 1. The third kappa shape index (κ3) is 4.14. The molecule has 8 heteroatoms. The summed E-state index contributed by atoms with van der Waals surface area (Å²) in [4.78, 5) is 13.2. The Kier molecular flexibility index (Phi) is 5.48. The van der Waals surface area contributed by atoms with Gasteiger partial charge in [-0.1, -0.05) is 0 Å². The van der Waals surface area contributed by atoms with Crippen molar-refractivity contribution in [2.75, 3.05) is 27.3 Å². The van der Waals surface area contributed by atoms with Gasteiger partial charge in [0.1, 0.15) is 0 Å².